The fraction of sp³-hybridized carbons (Fsp3) is 0.0526. The zero-order valence-corrected chi connectivity index (χ0v) is 28.2. The maximum atomic E-state index is 6.13. The molecule has 5 aromatic rings. The van der Waals surface area contributed by atoms with Crippen LogP contribution in [0.25, 0.3) is 11.3 Å². The topological polar surface area (TPSA) is 30.7 Å². The van der Waals surface area contributed by atoms with Gasteiger partial charge in [-0.2, -0.15) is 0 Å². The molecule has 45 heavy (non-hydrogen) atoms. The van der Waals surface area contributed by atoms with Crippen LogP contribution in [0.1, 0.15) is 13.0 Å². The fourth-order valence-electron chi connectivity index (χ4n) is 5.03. The van der Waals surface area contributed by atoms with E-state index in [2.05, 4.69) is 128 Å². The minimum Gasteiger partial charge on any atom is -0.240 e. The van der Waals surface area contributed by atoms with Gasteiger partial charge >= 0.3 is 17.1 Å². The number of hydrogen-bond acceptors (Lipinski definition) is 3. The molecule has 7 heteroatoms. The van der Waals surface area contributed by atoms with E-state index >= 15 is 0 Å². The summed E-state index contributed by atoms with van der Waals surface area (Å²) < 4.78 is 2.15. The van der Waals surface area contributed by atoms with Crippen molar-refractivity contribution in [1.82, 2.24) is 15.0 Å². The number of nitrogens with zero attached hydrogens (tertiary/aromatic N) is 3. The summed E-state index contributed by atoms with van der Waals surface area (Å²) in [5.41, 5.74) is 3.15. The van der Waals surface area contributed by atoms with Crippen LogP contribution in [0.5, 0.6) is 0 Å². The maximum Gasteiger partial charge on any atom is 2.00 e. The summed E-state index contributed by atoms with van der Waals surface area (Å²) in [6.07, 6.45) is 16.5. The first kappa shape index (κ1) is 34.0. The Labute approximate surface area is 289 Å². The SMILES string of the molecule is C[C@@H]([C]1[CH][CH][CH][C]1Sc1ccc(Cl)cc1)n1nnc(-c2ccccc2)c1P(c1ccccc1)c1ccccc1.[CH]1[CH][CH][CH][CH]1.[Fe+2]. The molecule has 2 aliphatic rings. The zero-order chi connectivity index (χ0) is 30.1. The Balaban J connectivity index is 0.000000609. The Morgan fingerprint density at radius 1 is 0.667 bits per heavy atom. The third-order valence-corrected chi connectivity index (χ3v) is 11.0. The van der Waals surface area contributed by atoms with Crippen LogP contribution < -0.4 is 16.0 Å². The molecule has 10 radical (unpaired) electrons. The van der Waals surface area contributed by atoms with E-state index in [9.17, 15) is 0 Å². The molecule has 4 aromatic carbocycles. The van der Waals surface area contributed by atoms with Gasteiger partial charge in [0.05, 0.1) is 11.5 Å². The van der Waals surface area contributed by atoms with Gasteiger partial charge in [0.1, 0.15) is 5.69 Å². The van der Waals surface area contributed by atoms with Crippen molar-refractivity contribution in [3.63, 3.8) is 0 Å². The molecule has 3 nitrogen and oxygen atoms in total. The molecule has 2 aliphatic carbocycles. The molecule has 2 fully saturated rings. The normalized spacial score (nSPS) is 15.8. The molecule has 7 rings (SSSR count). The van der Waals surface area contributed by atoms with Crippen molar-refractivity contribution in [1.29, 1.82) is 0 Å². The van der Waals surface area contributed by atoms with Gasteiger partial charge in [-0.1, -0.05) is 108 Å². The Morgan fingerprint density at radius 3 is 1.76 bits per heavy atom. The number of hydrogen-bond donors (Lipinski definition) is 0. The first-order valence-corrected chi connectivity index (χ1v) is 17.0. The predicted molar refractivity (Wildman–Crippen MR) is 187 cm³/mol. The summed E-state index contributed by atoms with van der Waals surface area (Å²) in [5, 5.41) is 14.1. The molecule has 1 heterocycles. The largest absolute Gasteiger partial charge is 2.00 e. The minimum absolute atomic E-state index is 0. The van der Waals surface area contributed by atoms with Crippen LogP contribution in [0.2, 0.25) is 5.02 Å². The number of halogens is 1. The van der Waals surface area contributed by atoms with Crippen molar-refractivity contribution in [3.05, 3.63) is 183 Å². The Kier molecular flexibility index (Phi) is 12.8. The van der Waals surface area contributed by atoms with Crippen molar-refractivity contribution in [2.24, 2.45) is 0 Å². The average molecular weight is 684 g/mol. The van der Waals surface area contributed by atoms with Crippen LogP contribution in [0.3, 0.4) is 0 Å². The molecule has 1 aromatic heterocycles. The van der Waals surface area contributed by atoms with E-state index in [1.807, 2.05) is 50.3 Å². The number of rotatable bonds is 8. The van der Waals surface area contributed by atoms with Gasteiger partial charge in [0.2, 0.25) is 0 Å². The number of aromatic nitrogens is 3. The molecule has 0 N–H and O–H groups in total. The van der Waals surface area contributed by atoms with Gasteiger partial charge in [-0.15, -0.1) is 16.9 Å². The first-order valence-electron chi connectivity index (χ1n) is 14.5. The molecule has 0 bridgehead atoms. The van der Waals surface area contributed by atoms with Gasteiger partial charge in [-0.3, -0.25) is 0 Å². The van der Waals surface area contributed by atoms with E-state index in [4.69, 9.17) is 21.9 Å². The first-order chi connectivity index (χ1) is 21.7. The zero-order valence-electron chi connectivity index (χ0n) is 24.6. The monoisotopic (exact) mass is 683 g/mol. The quantitative estimate of drug-likeness (QED) is 0.122. The summed E-state index contributed by atoms with van der Waals surface area (Å²) in [4.78, 5) is 1.15. The van der Waals surface area contributed by atoms with Crippen molar-refractivity contribution in [3.8, 4) is 11.3 Å². The number of thioether (sulfide) groups is 1. The van der Waals surface area contributed by atoms with Crippen LogP contribution in [0.4, 0.5) is 0 Å². The van der Waals surface area contributed by atoms with E-state index in [1.54, 1.807) is 11.8 Å². The Morgan fingerprint density at radius 2 is 1.20 bits per heavy atom. The van der Waals surface area contributed by atoms with Crippen LogP contribution in [-0.2, 0) is 17.1 Å². The molecule has 0 amide bonds. The van der Waals surface area contributed by atoms with Crippen LogP contribution in [0.15, 0.2) is 120 Å². The summed E-state index contributed by atoms with van der Waals surface area (Å²) in [6.45, 7) is 2.22. The smallest absolute Gasteiger partial charge is 0.240 e. The van der Waals surface area contributed by atoms with Crippen LogP contribution in [-0.4, -0.2) is 15.0 Å². The van der Waals surface area contributed by atoms with Gasteiger partial charge < -0.3 is 0 Å². The van der Waals surface area contributed by atoms with Gasteiger partial charge in [0.25, 0.3) is 0 Å². The maximum absolute atomic E-state index is 6.13. The van der Waals surface area contributed by atoms with E-state index < -0.39 is 7.92 Å². The third-order valence-electron chi connectivity index (χ3n) is 7.18. The van der Waals surface area contributed by atoms with Crippen LogP contribution >= 0.6 is 31.3 Å². The van der Waals surface area contributed by atoms with Crippen molar-refractivity contribution >= 4 is 47.3 Å². The Hall–Kier alpha value is -2.39. The van der Waals surface area contributed by atoms with E-state index in [0.29, 0.717) is 0 Å². The predicted octanol–water partition coefficient (Wildman–Crippen LogP) is 8.46. The van der Waals surface area contributed by atoms with Gasteiger partial charge in [0, 0.05) is 34.6 Å². The molecule has 0 unspecified atom stereocenters. The molecule has 0 saturated heterocycles. The van der Waals surface area contributed by atoms with E-state index in [0.717, 1.165) is 26.6 Å². The second-order valence-corrected chi connectivity index (χ2v) is 13.8. The van der Waals surface area contributed by atoms with Gasteiger partial charge in [0.15, 0.2) is 0 Å². The van der Waals surface area contributed by atoms with Gasteiger partial charge in [-0.05, 0) is 93.2 Å². The molecule has 0 spiro atoms. The van der Waals surface area contributed by atoms with Gasteiger partial charge in [-0.25, -0.2) is 4.68 Å². The third kappa shape index (κ3) is 8.51. The van der Waals surface area contributed by atoms with Crippen molar-refractivity contribution in [2.75, 3.05) is 0 Å². The van der Waals surface area contributed by atoms with E-state index in [1.165, 1.54) is 21.8 Å². The molecular weight excluding hydrogens is 653 g/mol. The molecule has 1 atom stereocenters. The summed E-state index contributed by atoms with van der Waals surface area (Å²) in [7, 11) is -0.927. The second kappa shape index (κ2) is 17.0. The van der Waals surface area contributed by atoms with E-state index in [-0.39, 0.29) is 23.1 Å². The summed E-state index contributed by atoms with van der Waals surface area (Å²) >= 11 is 7.88. The fourth-order valence-corrected chi connectivity index (χ4v) is 8.71. The standard InChI is InChI=1S/C33H26ClN3PS.C5H5.Fe/c1-24(30-18-11-19-31(30)39-29-22-20-26(34)21-23-29)37-33(32(35-36-37)25-12-5-2-6-13-25)38(27-14-7-3-8-15-27)28-16-9-4-10-17-28;1-2-4-5-3-1;/h2-24H,1H3;1-5H;/q;;+2/t24-;;/m0../s1. The van der Waals surface area contributed by atoms with Crippen molar-refractivity contribution in [2.45, 2.75) is 17.9 Å². The minimum atomic E-state index is -0.927. The summed E-state index contributed by atoms with van der Waals surface area (Å²) in [5.74, 6) is 1.22. The molecule has 2 saturated carbocycles. The average Bonchev–Trinajstić information content (AvgIpc) is 3.88. The summed E-state index contributed by atoms with van der Waals surface area (Å²) in [6, 6.07) is 39.9. The van der Waals surface area contributed by atoms with Crippen LogP contribution in [0, 0.1) is 62.5 Å². The number of benzene rings is 4. The molecule has 0 aliphatic heterocycles. The molecule has 222 valence electrons. The molecular formula is C38H31ClFeN3PS+2. The second-order valence-electron chi connectivity index (χ2n) is 10.1. The Bertz CT molecular complexity index is 1530. The van der Waals surface area contributed by atoms with Crippen molar-refractivity contribution < 1.29 is 17.1 Å².